The average molecular weight is 236 g/mol. The van der Waals surface area contributed by atoms with Crippen molar-refractivity contribution >= 4 is 17.2 Å². The minimum Gasteiger partial charge on any atom is -0.389 e. The van der Waals surface area contributed by atoms with Crippen molar-refractivity contribution in [2.45, 2.75) is 38.1 Å². The van der Waals surface area contributed by atoms with E-state index < -0.39 is 0 Å². The molecule has 2 N–H and O–H groups in total. The molecule has 0 aliphatic heterocycles. The van der Waals surface area contributed by atoms with Crippen molar-refractivity contribution < 1.29 is 0 Å². The summed E-state index contributed by atoms with van der Waals surface area (Å²) in [6.07, 6.45) is 7.70. The van der Waals surface area contributed by atoms with E-state index in [9.17, 15) is 4.79 Å². The van der Waals surface area contributed by atoms with Gasteiger partial charge in [0.25, 0.3) is 5.56 Å². The number of hydrogen-bond acceptors (Lipinski definition) is 2. The van der Waals surface area contributed by atoms with Gasteiger partial charge < -0.3 is 10.3 Å². The second kappa shape index (κ2) is 4.78. The molecule has 0 radical (unpaired) electrons. The summed E-state index contributed by atoms with van der Waals surface area (Å²) in [5.41, 5.74) is 5.95. The predicted molar refractivity (Wildman–Crippen MR) is 68.7 cm³/mol. The van der Waals surface area contributed by atoms with E-state index >= 15 is 0 Å². The summed E-state index contributed by atoms with van der Waals surface area (Å²) in [7, 11) is 0. The number of thiocarbonyl (C=S) groups is 1. The van der Waals surface area contributed by atoms with E-state index in [1.165, 1.54) is 19.3 Å². The van der Waals surface area contributed by atoms with Gasteiger partial charge in [0, 0.05) is 12.2 Å². The van der Waals surface area contributed by atoms with E-state index in [4.69, 9.17) is 18.0 Å². The maximum Gasteiger partial charge on any atom is 0.261 e. The standard InChI is InChI=1S/C12H16N2OS/c13-11(16)10-7-4-8-14(12(10)15)9-5-2-1-3-6-9/h4,7-9H,1-3,5-6H2,(H2,13,16). The zero-order valence-electron chi connectivity index (χ0n) is 9.19. The van der Waals surface area contributed by atoms with Crippen LogP contribution < -0.4 is 11.3 Å². The van der Waals surface area contributed by atoms with Gasteiger partial charge in [-0.05, 0) is 25.0 Å². The van der Waals surface area contributed by atoms with Crippen LogP contribution in [0.4, 0.5) is 0 Å². The molecule has 1 heterocycles. The Morgan fingerprint density at radius 2 is 2.06 bits per heavy atom. The zero-order chi connectivity index (χ0) is 11.5. The summed E-state index contributed by atoms with van der Waals surface area (Å²) in [4.78, 5) is 12.3. The molecule has 1 fully saturated rings. The molecule has 1 aliphatic carbocycles. The minimum atomic E-state index is -0.0399. The van der Waals surface area contributed by atoms with E-state index in [1.807, 2.05) is 12.3 Å². The molecule has 1 aromatic heterocycles. The van der Waals surface area contributed by atoms with Crippen molar-refractivity contribution in [1.82, 2.24) is 4.57 Å². The van der Waals surface area contributed by atoms with Crippen molar-refractivity contribution in [2.75, 3.05) is 0 Å². The smallest absolute Gasteiger partial charge is 0.261 e. The van der Waals surface area contributed by atoms with E-state index in [1.54, 1.807) is 10.6 Å². The molecule has 2 rings (SSSR count). The van der Waals surface area contributed by atoms with Gasteiger partial charge in [-0.2, -0.15) is 0 Å². The summed E-state index contributed by atoms with van der Waals surface area (Å²) in [5, 5.41) is 0. The van der Waals surface area contributed by atoms with Crippen LogP contribution >= 0.6 is 12.2 Å². The lowest BCUT2D eigenvalue weighted by molar-refractivity contribution is 0.346. The highest BCUT2D eigenvalue weighted by Crippen LogP contribution is 2.26. The monoisotopic (exact) mass is 236 g/mol. The van der Waals surface area contributed by atoms with Gasteiger partial charge in [-0.15, -0.1) is 0 Å². The molecule has 0 spiro atoms. The lowest BCUT2D eigenvalue weighted by Crippen LogP contribution is -2.31. The summed E-state index contributed by atoms with van der Waals surface area (Å²) in [6, 6.07) is 3.88. The topological polar surface area (TPSA) is 48.0 Å². The number of nitrogens with two attached hydrogens (primary N) is 1. The molecule has 16 heavy (non-hydrogen) atoms. The normalized spacial score (nSPS) is 17.2. The number of rotatable bonds is 2. The third-order valence-electron chi connectivity index (χ3n) is 3.21. The summed E-state index contributed by atoms with van der Waals surface area (Å²) < 4.78 is 1.80. The number of hydrogen-bond donors (Lipinski definition) is 1. The van der Waals surface area contributed by atoms with E-state index in [0.29, 0.717) is 11.6 Å². The van der Waals surface area contributed by atoms with Crippen molar-refractivity contribution in [3.63, 3.8) is 0 Å². The molecule has 0 bridgehead atoms. The molecule has 0 atom stereocenters. The van der Waals surface area contributed by atoms with Crippen molar-refractivity contribution in [3.05, 3.63) is 34.2 Å². The Balaban J connectivity index is 2.37. The molecule has 86 valence electrons. The zero-order valence-corrected chi connectivity index (χ0v) is 10.0. The first kappa shape index (κ1) is 11.3. The second-order valence-corrected chi connectivity index (χ2v) is 4.73. The quantitative estimate of drug-likeness (QED) is 0.799. The van der Waals surface area contributed by atoms with Gasteiger partial charge >= 0.3 is 0 Å². The maximum atomic E-state index is 12.1. The summed E-state index contributed by atoms with van der Waals surface area (Å²) in [5.74, 6) is 0. The van der Waals surface area contributed by atoms with Gasteiger partial charge in [0.15, 0.2) is 0 Å². The van der Waals surface area contributed by atoms with E-state index in [2.05, 4.69) is 0 Å². The van der Waals surface area contributed by atoms with Crippen molar-refractivity contribution in [3.8, 4) is 0 Å². The molecule has 3 nitrogen and oxygen atoms in total. The van der Waals surface area contributed by atoms with Crippen LogP contribution in [0.1, 0.15) is 43.7 Å². The number of nitrogens with zero attached hydrogens (tertiary/aromatic N) is 1. The molecule has 1 aliphatic rings. The van der Waals surface area contributed by atoms with Crippen molar-refractivity contribution in [1.29, 1.82) is 0 Å². The summed E-state index contributed by atoms with van der Waals surface area (Å²) >= 11 is 4.88. The Kier molecular flexibility index (Phi) is 3.39. The molecule has 0 saturated heterocycles. The first-order valence-electron chi connectivity index (χ1n) is 5.71. The highest BCUT2D eigenvalue weighted by atomic mass is 32.1. The molecule has 1 saturated carbocycles. The Morgan fingerprint density at radius 3 is 2.69 bits per heavy atom. The predicted octanol–water partition coefficient (Wildman–Crippen LogP) is 1.99. The van der Waals surface area contributed by atoms with Crippen LogP contribution in [0.2, 0.25) is 0 Å². The summed E-state index contributed by atoms with van der Waals surface area (Å²) in [6.45, 7) is 0. The lowest BCUT2D eigenvalue weighted by atomic mass is 9.95. The molecule has 0 amide bonds. The fourth-order valence-corrected chi connectivity index (χ4v) is 2.50. The molecule has 0 unspecified atom stereocenters. The van der Waals surface area contributed by atoms with Gasteiger partial charge in [0.2, 0.25) is 0 Å². The fourth-order valence-electron chi connectivity index (χ4n) is 2.34. The fraction of sp³-hybridized carbons (Fsp3) is 0.500. The second-order valence-electron chi connectivity index (χ2n) is 4.29. The van der Waals surface area contributed by atoms with E-state index in [0.717, 1.165) is 12.8 Å². The first-order valence-corrected chi connectivity index (χ1v) is 6.12. The molecular formula is C12H16N2OS. The van der Waals surface area contributed by atoms with Gasteiger partial charge in [-0.3, -0.25) is 4.79 Å². The SMILES string of the molecule is NC(=S)c1cccn(C2CCCCC2)c1=O. The molecular weight excluding hydrogens is 220 g/mol. The lowest BCUT2D eigenvalue weighted by Gasteiger charge is -2.24. The van der Waals surface area contributed by atoms with Gasteiger partial charge in [-0.1, -0.05) is 31.5 Å². The first-order chi connectivity index (χ1) is 7.70. The van der Waals surface area contributed by atoms with Crippen molar-refractivity contribution in [2.24, 2.45) is 5.73 Å². The largest absolute Gasteiger partial charge is 0.389 e. The maximum absolute atomic E-state index is 12.1. The Labute approximate surface area is 100 Å². The molecule has 4 heteroatoms. The minimum absolute atomic E-state index is 0.0399. The number of pyridine rings is 1. The van der Waals surface area contributed by atoms with Gasteiger partial charge in [0.05, 0.1) is 5.56 Å². The molecule has 0 aromatic carbocycles. The van der Waals surface area contributed by atoms with Crippen LogP contribution in [0, 0.1) is 0 Å². The van der Waals surface area contributed by atoms with E-state index in [-0.39, 0.29) is 10.5 Å². The highest BCUT2D eigenvalue weighted by molar-refractivity contribution is 7.80. The van der Waals surface area contributed by atoms with Gasteiger partial charge in [0.1, 0.15) is 4.99 Å². The van der Waals surface area contributed by atoms with Gasteiger partial charge in [-0.25, -0.2) is 0 Å². The van der Waals surface area contributed by atoms with Crippen LogP contribution in [0.3, 0.4) is 0 Å². The Hall–Kier alpha value is -1.16. The Bertz CT molecular complexity index is 447. The third-order valence-corrected chi connectivity index (χ3v) is 3.43. The highest BCUT2D eigenvalue weighted by Gasteiger charge is 2.17. The van der Waals surface area contributed by atoms with Crippen LogP contribution in [0.5, 0.6) is 0 Å². The average Bonchev–Trinajstić information content (AvgIpc) is 2.30. The Morgan fingerprint density at radius 1 is 1.38 bits per heavy atom. The van der Waals surface area contributed by atoms with Crippen LogP contribution in [-0.2, 0) is 0 Å². The van der Waals surface area contributed by atoms with Crippen LogP contribution in [-0.4, -0.2) is 9.56 Å². The van der Waals surface area contributed by atoms with Crippen LogP contribution in [0.15, 0.2) is 23.1 Å². The third kappa shape index (κ3) is 2.16. The molecule has 1 aromatic rings. The number of aromatic nitrogens is 1. The van der Waals surface area contributed by atoms with Crippen LogP contribution in [0.25, 0.3) is 0 Å².